The predicted octanol–water partition coefficient (Wildman–Crippen LogP) is 3.71. The molecule has 2 aromatic rings. The van der Waals surface area contributed by atoms with Gasteiger partial charge in [-0.3, -0.25) is 0 Å². The van der Waals surface area contributed by atoms with Crippen LogP contribution in [0.25, 0.3) is 10.6 Å². The van der Waals surface area contributed by atoms with Gasteiger partial charge >= 0.3 is 0 Å². The van der Waals surface area contributed by atoms with E-state index in [1.807, 2.05) is 12.3 Å². The Bertz CT molecular complexity index is 530. The molecule has 2 aromatic heterocycles. The smallest absolute Gasteiger partial charge is 0.116 e. The molecule has 3 nitrogen and oxygen atoms in total. The summed E-state index contributed by atoms with van der Waals surface area (Å²) in [7, 11) is 0. The van der Waals surface area contributed by atoms with E-state index in [4.69, 9.17) is 5.73 Å². The van der Waals surface area contributed by atoms with Gasteiger partial charge in [0.05, 0.1) is 10.6 Å². The van der Waals surface area contributed by atoms with Crippen LogP contribution in [0.1, 0.15) is 48.5 Å². The minimum absolute atomic E-state index is 0.621. The number of nitrogens with two attached hydrogens (primary N) is 1. The van der Waals surface area contributed by atoms with Gasteiger partial charge in [-0.2, -0.15) is 0 Å². The van der Waals surface area contributed by atoms with Crippen molar-refractivity contribution < 1.29 is 0 Å². The van der Waals surface area contributed by atoms with E-state index in [9.17, 15) is 0 Å². The molecule has 1 aliphatic rings. The highest BCUT2D eigenvalue weighted by atomic mass is 32.1. The lowest BCUT2D eigenvalue weighted by Crippen LogP contribution is -2.04. The zero-order valence-electron chi connectivity index (χ0n) is 11.0. The summed E-state index contributed by atoms with van der Waals surface area (Å²) in [6.07, 6.45) is 10.1. The fourth-order valence-corrected chi connectivity index (χ4v) is 4.00. The first-order chi connectivity index (χ1) is 9.38. The summed E-state index contributed by atoms with van der Waals surface area (Å²) in [5.41, 5.74) is 8.32. The topological polar surface area (TPSA) is 51.8 Å². The van der Waals surface area contributed by atoms with Crippen molar-refractivity contribution in [3.05, 3.63) is 35.1 Å². The SMILES string of the molecule is NCc1cc(C2CCCCC2)c(-c2ccncn2)s1. The highest BCUT2D eigenvalue weighted by Crippen LogP contribution is 2.41. The average Bonchev–Trinajstić information content (AvgIpc) is 2.93. The van der Waals surface area contributed by atoms with Crippen molar-refractivity contribution in [1.82, 2.24) is 9.97 Å². The summed E-state index contributed by atoms with van der Waals surface area (Å²) in [4.78, 5) is 11.0. The molecule has 19 heavy (non-hydrogen) atoms. The monoisotopic (exact) mass is 273 g/mol. The van der Waals surface area contributed by atoms with Crippen molar-refractivity contribution in [2.24, 2.45) is 5.73 Å². The van der Waals surface area contributed by atoms with E-state index in [0.717, 1.165) is 5.69 Å². The van der Waals surface area contributed by atoms with Crippen LogP contribution in [0.4, 0.5) is 0 Å². The molecule has 0 unspecified atom stereocenters. The molecule has 0 spiro atoms. The highest BCUT2D eigenvalue weighted by molar-refractivity contribution is 7.15. The second-order valence-electron chi connectivity index (χ2n) is 5.13. The van der Waals surface area contributed by atoms with E-state index in [2.05, 4.69) is 16.0 Å². The maximum atomic E-state index is 5.82. The molecule has 0 aromatic carbocycles. The van der Waals surface area contributed by atoms with Gasteiger partial charge in [-0.15, -0.1) is 11.3 Å². The van der Waals surface area contributed by atoms with Gasteiger partial charge in [0.2, 0.25) is 0 Å². The molecule has 4 heteroatoms. The van der Waals surface area contributed by atoms with Gasteiger partial charge in [-0.05, 0) is 36.5 Å². The van der Waals surface area contributed by atoms with Crippen LogP contribution in [0.3, 0.4) is 0 Å². The Balaban J connectivity index is 2.00. The van der Waals surface area contributed by atoms with Crippen LogP contribution in [0.2, 0.25) is 0 Å². The Labute approximate surface area is 117 Å². The summed E-state index contributed by atoms with van der Waals surface area (Å²) in [5, 5.41) is 0. The molecule has 2 heterocycles. The van der Waals surface area contributed by atoms with Gasteiger partial charge in [0, 0.05) is 17.6 Å². The Hall–Kier alpha value is -1.26. The van der Waals surface area contributed by atoms with E-state index in [0.29, 0.717) is 12.5 Å². The Morgan fingerprint density at radius 3 is 2.79 bits per heavy atom. The molecule has 3 rings (SSSR count). The van der Waals surface area contributed by atoms with E-state index in [-0.39, 0.29) is 0 Å². The fourth-order valence-electron chi connectivity index (χ4n) is 2.90. The number of hydrogen-bond acceptors (Lipinski definition) is 4. The Kier molecular flexibility index (Phi) is 3.89. The number of thiophene rings is 1. The molecule has 100 valence electrons. The van der Waals surface area contributed by atoms with Crippen LogP contribution >= 0.6 is 11.3 Å². The summed E-state index contributed by atoms with van der Waals surface area (Å²) >= 11 is 1.79. The molecule has 1 aliphatic carbocycles. The third kappa shape index (κ3) is 2.69. The summed E-state index contributed by atoms with van der Waals surface area (Å²) in [6.45, 7) is 0.621. The Morgan fingerprint density at radius 2 is 2.11 bits per heavy atom. The largest absolute Gasteiger partial charge is 0.326 e. The number of aromatic nitrogens is 2. The minimum Gasteiger partial charge on any atom is -0.326 e. The van der Waals surface area contributed by atoms with Crippen LogP contribution in [0, 0.1) is 0 Å². The minimum atomic E-state index is 0.621. The van der Waals surface area contributed by atoms with Crippen molar-refractivity contribution in [2.45, 2.75) is 44.6 Å². The lowest BCUT2D eigenvalue weighted by Gasteiger charge is -2.22. The molecular weight excluding hydrogens is 254 g/mol. The fraction of sp³-hybridized carbons (Fsp3) is 0.467. The van der Waals surface area contributed by atoms with Gasteiger partial charge in [-0.1, -0.05) is 19.3 Å². The lowest BCUT2D eigenvalue weighted by atomic mass is 9.84. The quantitative estimate of drug-likeness (QED) is 0.927. The maximum Gasteiger partial charge on any atom is 0.116 e. The van der Waals surface area contributed by atoms with Crippen molar-refractivity contribution >= 4 is 11.3 Å². The highest BCUT2D eigenvalue weighted by Gasteiger charge is 2.22. The van der Waals surface area contributed by atoms with Crippen LogP contribution < -0.4 is 5.73 Å². The van der Waals surface area contributed by atoms with E-state index < -0.39 is 0 Å². The molecule has 1 fully saturated rings. The van der Waals surface area contributed by atoms with Gasteiger partial charge < -0.3 is 5.73 Å². The zero-order chi connectivity index (χ0) is 13.1. The standard InChI is InChI=1S/C15H19N3S/c16-9-12-8-13(11-4-2-1-3-5-11)15(19-12)14-6-7-17-10-18-14/h6-8,10-11H,1-5,9,16H2. The lowest BCUT2D eigenvalue weighted by molar-refractivity contribution is 0.445. The van der Waals surface area contributed by atoms with E-state index in [1.54, 1.807) is 17.7 Å². The molecule has 2 N–H and O–H groups in total. The molecule has 0 atom stereocenters. The third-order valence-corrected chi connectivity index (χ3v) is 5.07. The average molecular weight is 273 g/mol. The molecule has 0 radical (unpaired) electrons. The molecule has 0 amide bonds. The van der Waals surface area contributed by atoms with Crippen LogP contribution in [-0.4, -0.2) is 9.97 Å². The van der Waals surface area contributed by atoms with Gasteiger partial charge in [0.1, 0.15) is 6.33 Å². The van der Waals surface area contributed by atoms with E-state index >= 15 is 0 Å². The van der Waals surface area contributed by atoms with Gasteiger partial charge in [0.25, 0.3) is 0 Å². The van der Waals surface area contributed by atoms with Crippen molar-refractivity contribution in [3.63, 3.8) is 0 Å². The first-order valence-corrected chi connectivity index (χ1v) is 7.79. The molecule has 0 saturated heterocycles. The first kappa shape index (κ1) is 12.8. The van der Waals surface area contributed by atoms with Gasteiger partial charge in [0.15, 0.2) is 0 Å². The van der Waals surface area contributed by atoms with Crippen molar-refractivity contribution in [3.8, 4) is 10.6 Å². The number of nitrogens with zero attached hydrogens (tertiary/aromatic N) is 2. The maximum absolute atomic E-state index is 5.82. The Morgan fingerprint density at radius 1 is 1.26 bits per heavy atom. The summed E-state index contributed by atoms with van der Waals surface area (Å²) < 4.78 is 0. The predicted molar refractivity (Wildman–Crippen MR) is 79.1 cm³/mol. The number of rotatable bonds is 3. The van der Waals surface area contributed by atoms with Crippen molar-refractivity contribution in [1.29, 1.82) is 0 Å². The third-order valence-electron chi connectivity index (χ3n) is 3.87. The molecule has 1 saturated carbocycles. The second-order valence-corrected chi connectivity index (χ2v) is 6.27. The van der Waals surface area contributed by atoms with Crippen LogP contribution in [0.5, 0.6) is 0 Å². The summed E-state index contributed by atoms with van der Waals surface area (Å²) in [5.74, 6) is 0.690. The molecule has 0 bridgehead atoms. The summed E-state index contributed by atoms with van der Waals surface area (Å²) in [6, 6.07) is 4.30. The van der Waals surface area contributed by atoms with Crippen molar-refractivity contribution in [2.75, 3.05) is 0 Å². The first-order valence-electron chi connectivity index (χ1n) is 6.97. The van der Waals surface area contributed by atoms with Gasteiger partial charge in [-0.25, -0.2) is 9.97 Å². The van der Waals surface area contributed by atoms with Crippen LogP contribution in [-0.2, 0) is 6.54 Å². The van der Waals surface area contributed by atoms with Crippen LogP contribution in [0.15, 0.2) is 24.7 Å². The number of hydrogen-bond donors (Lipinski definition) is 1. The second kappa shape index (κ2) is 5.80. The normalized spacial score (nSPS) is 16.7. The molecular formula is C15H19N3S. The zero-order valence-corrected chi connectivity index (χ0v) is 11.8. The molecule has 0 aliphatic heterocycles. The van der Waals surface area contributed by atoms with E-state index in [1.165, 1.54) is 47.4 Å².